The van der Waals surface area contributed by atoms with E-state index >= 15 is 0 Å². The number of hydrogen-bond donors (Lipinski definition) is 1. The van der Waals surface area contributed by atoms with Crippen molar-refractivity contribution >= 4 is 23.6 Å². The summed E-state index contributed by atoms with van der Waals surface area (Å²) in [6, 6.07) is 13.1. The maximum absolute atomic E-state index is 10.6. The smallest absolute Gasteiger partial charge is 0.328 e. The monoisotopic (exact) mass is 302 g/mol. The number of rotatable bonds is 5. The largest absolute Gasteiger partial charge is 0.488 e. The summed E-state index contributed by atoms with van der Waals surface area (Å²) in [6.07, 6.45) is 2.53. The molecule has 108 valence electrons. The molecule has 21 heavy (non-hydrogen) atoms. The summed E-state index contributed by atoms with van der Waals surface area (Å²) in [7, 11) is 0. The molecular formula is C17H15ClO3. The molecule has 0 atom stereocenters. The number of carboxylic acid groups (broad SMARTS) is 1. The Morgan fingerprint density at radius 3 is 2.81 bits per heavy atom. The van der Waals surface area contributed by atoms with E-state index in [0.29, 0.717) is 22.9 Å². The third-order valence-corrected chi connectivity index (χ3v) is 3.09. The van der Waals surface area contributed by atoms with Gasteiger partial charge >= 0.3 is 5.97 Å². The second-order valence-corrected chi connectivity index (χ2v) is 5.07. The van der Waals surface area contributed by atoms with Gasteiger partial charge in [0.15, 0.2) is 0 Å². The van der Waals surface area contributed by atoms with Crippen LogP contribution in [0.3, 0.4) is 0 Å². The van der Waals surface area contributed by atoms with Crippen molar-refractivity contribution in [3.8, 4) is 5.75 Å². The number of halogens is 1. The van der Waals surface area contributed by atoms with Crippen LogP contribution in [-0.4, -0.2) is 11.1 Å². The Balaban J connectivity index is 2.17. The van der Waals surface area contributed by atoms with Gasteiger partial charge in [-0.25, -0.2) is 4.79 Å². The molecular weight excluding hydrogens is 288 g/mol. The van der Waals surface area contributed by atoms with Crippen LogP contribution in [0.25, 0.3) is 6.08 Å². The third-order valence-electron chi connectivity index (χ3n) is 2.85. The lowest BCUT2D eigenvalue weighted by atomic mass is 10.1. The highest BCUT2D eigenvalue weighted by Gasteiger charge is 2.04. The SMILES string of the molecule is Cc1cccc(COc2ccc(Cl)cc2C=CC(=O)O)c1. The molecule has 0 radical (unpaired) electrons. The lowest BCUT2D eigenvalue weighted by Gasteiger charge is -2.10. The molecule has 0 fully saturated rings. The first-order valence-corrected chi connectivity index (χ1v) is 6.81. The molecule has 0 unspecified atom stereocenters. The van der Waals surface area contributed by atoms with Crippen LogP contribution in [0.2, 0.25) is 5.02 Å². The summed E-state index contributed by atoms with van der Waals surface area (Å²) in [5.74, 6) is -0.419. The average Bonchev–Trinajstić information content (AvgIpc) is 2.44. The molecule has 0 aliphatic rings. The van der Waals surface area contributed by atoms with Gasteiger partial charge in [0.25, 0.3) is 0 Å². The first-order valence-electron chi connectivity index (χ1n) is 6.43. The summed E-state index contributed by atoms with van der Waals surface area (Å²) in [5.41, 5.74) is 2.86. The Labute approximate surface area is 128 Å². The van der Waals surface area contributed by atoms with Crippen molar-refractivity contribution in [2.45, 2.75) is 13.5 Å². The normalized spacial score (nSPS) is 10.8. The highest BCUT2D eigenvalue weighted by molar-refractivity contribution is 6.30. The Morgan fingerprint density at radius 1 is 1.29 bits per heavy atom. The van der Waals surface area contributed by atoms with E-state index in [1.165, 1.54) is 11.6 Å². The van der Waals surface area contributed by atoms with E-state index in [2.05, 4.69) is 0 Å². The van der Waals surface area contributed by atoms with Crippen LogP contribution < -0.4 is 4.74 Å². The zero-order chi connectivity index (χ0) is 15.2. The highest BCUT2D eigenvalue weighted by Crippen LogP contribution is 2.25. The summed E-state index contributed by atoms with van der Waals surface area (Å²) in [5, 5.41) is 9.24. The second-order valence-electron chi connectivity index (χ2n) is 4.63. The molecule has 2 rings (SSSR count). The third kappa shape index (κ3) is 4.65. The van der Waals surface area contributed by atoms with Gasteiger partial charge in [0, 0.05) is 16.7 Å². The van der Waals surface area contributed by atoms with Crippen molar-refractivity contribution in [2.24, 2.45) is 0 Å². The van der Waals surface area contributed by atoms with Crippen molar-refractivity contribution in [1.29, 1.82) is 0 Å². The Hall–Kier alpha value is -2.26. The topological polar surface area (TPSA) is 46.5 Å². The molecule has 0 heterocycles. The van der Waals surface area contributed by atoms with E-state index in [9.17, 15) is 4.79 Å². The Bertz CT molecular complexity index is 677. The van der Waals surface area contributed by atoms with Crippen molar-refractivity contribution in [3.63, 3.8) is 0 Å². The van der Waals surface area contributed by atoms with Crippen molar-refractivity contribution < 1.29 is 14.6 Å². The first kappa shape index (κ1) is 15.1. The molecule has 0 saturated carbocycles. The van der Waals surface area contributed by atoms with Crippen molar-refractivity contribution in [3.05, 3.63) is 70.3 Å². The summed E-state index contributed by atoms with van der Waals surface area (Å²) < 4.78 is 5.76. The van der Waals surface area contributed by atoms with Crippen LogP contribution in [0.5, 0.6) is 5.75 Å². The fourth-order valence-electron chi connectivity index (χ4n) is 1.91. The van der Waals surface area contributed by atoms with Gasteiger partial charge in [0.05, 0.1) is 0 Å². The molecule has 0 aliphatic carbocycles. The molecule has 0 spiro atoms. The number of benzene rings is 2. The Morgan fingerprint density at radius 2 is 2.10 bits per heavy atom. The van der Waals surface area contributed by atoms with Gasteiger partial charge in [-0.05, 0) is 36.8 Å². The molecule has 2 aromatic rings. The lowest BCUT2D eigenvalue weighted by molar-refractivity contribution is -0.131. The fourth-order valence-corrected chi connectivity index (χ4v) is 2.09. The summed E-state index contributed by atoms with van der Waals surface area (Å²) >= 11 is 5.93. The van der Waals surface area contributed by atoms with E-state index in [1.807, 2.05) is 31.2 Å². The zero-order valence-electron chi connectivity index (χ0n) is 11.5. The molecule has 0 amide bonds. The summed E-state index contributed by atoms with van der Waals surface area (Å²) in [6.45, 7) is 2.43. The number of hydrogen-bond acceptors (Lipinski definition) is 2. The van der Waals surface area contributed by atoms with Gasteiger partial charge in [-0.2, -0.15) is 0 Å². The molecule has 2 aromatic carbocycles. The van der Waals surface area contributed by atoms with E-state index in [0.717, 1.165) is 11.6 Å². The zero-order valence-corrected chi connectivity index (χ0v) is 12.3. The van der Waals surface area contributed by atoms with Gasteiger partial charge < -0.3 is 9.84 Å². The van der Waals surface area contributed by atoms with Gasteiger partial charge in [-0.1, -0.05) is 41.4 Å². The predicted molar refractivity (Wildman–Crippen MR) is 83.6 cm³/mol. The minimum Gasteiger partial charge on any atom is -0.488 e. The second kappa shape index (κ2) is 6.95. The summed E-state index contributed by atoms with van der Waals surface area (Å²) in [4.78, 5) is 10.6. The average molecular weight is 303 g/mol. The van der Waals surface area contributed by atoms with Crippen LogP contribution >= 0.6 is 11.6 Å². The van der Waals surface area contributed by atoms with Crippen LogP contribution in [0.4, 0.5) is 0 Å². The maximum atomic E-state index is 10.6. The predicted octanol–water partition coefficient (Wildman–Crippen LogP) is 4.33. The molecule has 0 saturated heterocycles. The van der Waals surface area contributed by atoms with E-state index < -0.39 is 5.97 Å². The van der Waals surface area contributed by atoms with Gasteiger partial charge in [0.2, 0.25) is 0 Å². The van der Waals surface area contributed by atoms with Crippen molar-refractivity contribution in [1.82, 2.24) is 0 Å². The number of ether oxygens (including phenoxy) is 1. The van der Waals surface area contributed by atoms with Crippen molar-refractivity contribution in [2.75, 3.05) is 0 Å². The minimum absolute atomic E-state index is 0.414. The number of aryl methyl sites for hydroxylation is 1. The van der Waals surface area contributed by atoms with Gasteiger partial charge in [0.1, 0.15) is 12.4 Å². The van der Waals surface area contributed by atoms with E-state index in [-0.39, 0.29) is 0 Å². The van der Waals surface area contributed by atoms with Gasteiger partial charge in [-0.3, -0.25) is 0 Å². The van der Waals surface area contributed by atoms with E-state index in [4.69, 9.17) is 21.4 Å². The highest BCUT2D eigenvalue weighted by atomic mass is 35.5. The molecule has 0 bridgehead atoms. The lowest BCUT2D eigenvalue weighted by Crippen LogP contribution is -1.97. The standard InChI is InChI=1S/C17H15ClO3/c1-12-3-2-4-13(9-12)11-21-16-7-6-15(18)10-14(16)5-8-17(19)20/h2-10H,11H2,1H3,(H,19,20). The fraction of sp³-hybridized carbons (Fsp3) is 0.118. The molecule has 0 aliphatic heterocycles. The van der Waals surface area contributed by atoms with Gasteiger partial charge in [-0.15, -0.1) is 0 Å². The first-order chi connectivity index (χ1) is 10.0. The van der Waals surface area contributed by atoms with Crippen LogP contribution in [0, 0.1) is 6.92 Å². The minimum atomic E-state index is -1.01. The van der Waals surface area contributed by atoms with E-state index in [1.54, 1.807) is 18.2 Å². The molecule has 1 N–H and O–H groups in total. The Kier molecular flexibility index (Phi) is 5.01. The number of carboxylic acids is 1. The molecule has 0 aromatic heterocycles. The quantitative estimate of drug-likeness (QED) is 0.836. The van der Waals surface area contributed by atoms with Crippen LogP contribution in [0.15, 0.2) is 48.5 Å². The molecule has 4 heteroatoms. The van der Waals surface area contributed by atoms with Crippen LogP contribution in [0.1, 0.15) is 16.7 Å². The van der Waals surface area contributed by atoms with Crippen LogP contribution in [-0.2, 0) is 11.4 Å². The number of carbonyl (C=O) groups is 1. The number of aliphatic carboxylic acids is 1. The maximum Gasteiger partial charge on any atom is 0.328 e. The molecule has 3 nitrogen and oxygen atoms in total.